The molecule has 0 radical (unpaired) electrons. The third kappa shape index (κ3) is 2.54. The lowest BCUT2D eigenvalue weighted by Gasteiger charge is -2.11. The van der Waals surface area contributed by atoms with E-state index in [0.29, 0.717) is 5.82 Å². The minimum atomic E-state index is -0.548. The predicted molar refractivity (Wildman–Crippen MR) is 73.1 cm³/mol. The number of benzene rings is 1. The number of aromatic nitrogens is 2. The summed E-state index contributed by atoms with van der Waals surface area (Å²) in [6.45, 7) is 1.91. The zero-order valence-corrected chi connectivity index (χ0v) is 11.1. The average Bonchev–Trinajstić information content (AvgIpc) is 2.47. The molecule has 0 saturated heterocycles. The fraction of sp³-hybridized carbons (Fsp3) is 0.214. The van der Waals surface area contributed by atoms with Gasteiger partial charge in [-0.2, -0.15) is 0 Å². The molecule has 2 aromatic rings. The molecule has 0 spiro atoms. The highest BCUT2D eigenvalue weighted by molar-refractivity contribution is 5.87. The van der Waals surface area contributed by atoms with Crippen LogP contribution in [0.5, 0.6) is 0 Å². The Hall–Kier alpha value is -2.43. The topological polar surface area (TPSA) is 64.1 Å². The van der Waals surface area contributed by atoms with Crippen molar-refractivity contribution in [2.75, 3.05) is 19.5 Å². The van der Waals surface area contributed by atoms with Crippen molar-refractivity contribution in [3.8, 4) is 11.3 Å². The van der Waals surface area contributed by atoms with E-state index in [-0.39, 0.29) is 5.82 Å². The van der Waals surface area contributed by atoms with Crippen molar-refractivity contribution in [1.82, 2.24) is 9.97 Å². The van der Waals surface area contributed by atoms with Crippen LogP contribution >= 0.6 is 0 Å². The quantitative estimate of drug-likeness (QED) is 0.855. The van der Waals surface area contributed by atoms with Gasteiger partial charge in [0, 0.05) is 18.2 Å². The van der Waals surface area contributed by atoms with Gasteiger partial charge in [0.05, 0.1) is 12.8 Å². The first-order valence-corrected chi connectivity index (χ1v) is 5.87. The highest BCUT2D eigenvalue weighted by Gasteiger charge is 2.16. The van der Waals surface area contributed by atoms with E-state index in [1.165, 1.54) is 7.11 Å². The first-order valence-electron chi connectivity index (χ1n) is 5.87. The monoisotopic (exact) mass is 257 g/mol. The number of anilines is 1. The summed E-state index contributed by atoms with van der Waals surface area (Å²) in [5.41, 5.74) is 2.55. The second kappa shape index (κ2) is 5.48. The maximum Gasteiger partial charge on any atom is 0.376 e. The number of esters is 1. The molecule has 98 valence electrons. The van der Waals surface area contributed by atoms with Crippen LogP contribution in [0.2, 0.25) is 0 Å². The van der Waals surface area contributed by atoms with Crippen LogP contribution in [0.4, 0.5) is 5.82 Å². The van der Waals surface area contributed by atoms with Crippen LogP contribution in [0.25, 0.3) is 11.3 Å². The van der Waals surface area contributed by atoms with E-state index in [1.807, 2.05) is 37.3 Å². The summed E-state index contributed by atoms with van der Waals surface area (Å²) in [6, 6.07) is 9.66. The van der Waals surface area contributed by atoms with E-state index in [9.17, 15) is 4.79 Å². The summed E-state index contributed by atoms with van der Waals surface area (Å²) in [7, 11) is 3.07. The van der Waals surface area contributed by atoms with Crippen molar-refractivity contribution in [3.63, 3.8) is 0 Å². The number of rotatable bonds is 3. The van der Waals surface area contributed by atoms with E-state index in [0.717, 1.165) is 16.8 Å². The molecule has 0 atom stereocenters. The van der Waals surface area contributed by atoms with Gasteiger partial charge in [-0.1, -0.05) is 30.3 Å². The molecule has 0 fully saturated rings. The number of methoxy groups -OCH3 is 1. The Labute approximate surface area is 111 Å². The van der Waals surface area contributed by atoms with Crippen molar-refractivity contribution in [1.29, 1.82) is 0 Å². The Morgan fingerprint density at radius 1 is 1.21 bits per heavy atom. The van der Waals surface area contributed by atoms with Gasteiger partial charge in [0.2, 0.25) is 5.82 Å². The highest BCUT2D eigenvalue weighted by Crippen LogP contribution is 2.25. The minimum Gasteiger partial charge on any atom is -0.463 e. The van der Waals surface area contributed by atoms with Gasteiger partial charge in [-0.15, -0.1) is 0 Å². The molecular formula is C14H15N3O2. The molecule has 1 N–H and O–H groups in total. The number of carbonyl (C=O) groups excluding carboxylic acids is 1. The lowest BCUT2D eigenvalue weighted by Crippen LogP contribution is -2.11. The predicted octanol–water partition coefficient (Wildman–Crippen LogP) is 2.28. The Kier molecular flexibility index (Phi) is 3.75. The van der Waals surface area contributed by atoms with Gasteiger partial charge in [-0.25, -0.2) is 14.8 Å². The van der Waals surface area contributed by atoms with Crippen molar-refractivity contribution in [2.45, 2.75) is 6.92 Å². The standard InChI is InChI=1S/C14H15N3O2/c1-9-11(10-7-5-4-6-8-10)16-13(14(18)19-3)17-12(9)15-2/h4-8H,1-3H3,(H,15,16,17). The van der Waals surface area contributed by atoms with Crippen molar-refractivity contribution in [3.05, 3.63) is 41.7 Å². The Balaban J connectivity index is 2.62. The summed E-state index contributed by atoms with van der Waals surface area (Å²) in [6.07, 6.45) is 0. The molecule has 0 aliphatic rings. The molecule has 5 heteroatoms. The van der Waals surface area contributed by atoms with Crippen LogP contribution in [0, 0.1) is 6.92 Å². The van der Waals surface area contributed by atoms with Gasteiger partial charge in [-0.3, -0.25) is 0 Å². The first-order chi connectivity index (χ1) is 9.17. The molecule has 0 saturated carbocycles. The molecule has 1 aromatic heterocycles. The smallest absolute Gasteiger partial charge is 0.376 e. The lowest BCUT2D eigenvalue weighted by atomic mass is 10.1. The van der Waals surface area contributed by atoms with Crippen LogP contribution in [-0.2, 0) is 4.74 Å². The molecule has 0 aliphatic heterocycles. The largest absolute Gasteiger partial charge is 0.463 e. The number of nitrogens with zero attached hydrogens (tertiary/aromatic N) is 2. The van der Waals surface area contributed by atoms with Crippen LogP contribution in [0.15, 0.2) is 30.3 Å². The van der Waals surface area contributed by atoms with Crippen LogP contribution < -0.4 is 5.32 Å². The van der Waals surface area contributed by atoms with Crippen molar-refractivity contribution >= 4 is 11.8 Å². The van der Waals surface area contributed by atoms with Crippen molar-refractivity contribution < 1.29 is 9.53 Å². The Bertz CT molecular complexity index is 597. The van der Waals surface area contributed by atoms with Crippen LogP contribution in [0.3, 0.4) is 0 Å². The maximum absolute atomic E-state index is 11.6. The van der Waals surface area contributed by atoms with Gasteiger partial charge in [0.1, 0.15) is 5.82 Å². The first kappa shape index (κ1) is 13.0. The summed E-state index contributed by atoms with van der Waals surface area (Å²) in [4.78, 5) is 20.0. The average molecular weight is 257 g/mol. The van der Waals surface area contributed by atoms with Crippen LogP contribution in [0.1, 0.15) is 16.2 Å². The lowest BCUT2D eigenvalue weighted by molar-refractivity contribution is 0.0587. The fourth-order valence-electron chi connectivity index (χ4n) is 1.82. The number of hydrogen-bond acceptors (Lipinski definition) is 5. The molecule has 2 rings (SSSR count). The Morgan fingerprint density at radius 3 is 2.47 bits per heavy atom. The van der Waals surface area contributed by atoms with Crippen LogP contribution in [-0.4, -0.2) is 30.1 Å². The molecular weight excluding hydrogens is 242 g/mol. The third-order valence-electron chi connectivity index (χ3n) is 2.80. The zero-order valence-electron chi connectivity index (χ0n) is 11.1. The summed E-state index contributed by atoms with van der Waals surface area (Å²) >= 11 is 0. The van der Waals surface area contributed by atoms with Gasteiger partial charge < -0.3 is 10.1 Å². The SMILES string of the molecule is CNc1nc(C(=O)OC)nc(-c2ccccc2)c1C. The molecule has 1 heterocycles. The number of nitrogens with one attached hydrogen (secondary N) is 1. The second-order valence-corrected chi connectivity index (χ2v) is 3.98. The molecule has 0 unspecified atom stereocenters. The summed E-state index contributed by atoms with van der Waals surface area (Å²) < 4.78 is 4.67. The van der Waals surface area contributed by atoms with Gasteiger partial charge in [0.15, 0.2) is 0 Å². The van der Waals surface area contributed by atoms with E-state index in [1.54, 1.807) is 7.05 Å². The molecule has 0 bridgehead atoms. The molecule has 0 aliphatic carbocycles. The van der Waals surface area contributed by atoms with E-state index >= 15 is 0 Å². The third-order valence-corrected chi connectivity index (χ3v) is 2.80. The van der Waals surface area contributed by atoms with E-state index < -0.39 is 5.97 Å². The molecule has 0 amide bonds. The number of ether oxygens (including phenoxy) is 1. The molecule has 5 nitrogen and oxygen atoms in total. The number of hydrogen-bond donors (Lipinski definition) is 1. The zero-order chi connectivity index (χ0) is 13.8. The van der Waals surface area contributed by atoms with Gasteiger partial charge >= 0.3 is 5.97 Å². The van der Waals surface area contributed by atoms with Crippen molar-refractivity contribution in [2.24, 2.45) is 0 Å². The number of carbonyl (C=O) groups is 1. The fourth-order valence-corrected chi connectivity index (χ4v) is 1.82. The van der Waals surface area contributed by atoms with E-state index in [4.69, 9.17) is 0 Å². The summed E-state index contributed by atoms with van der Waals surface area (Å²) in [5, 5.41) is 2.97. The maximum atomic E-state index is 11.6. The Morgan fingerprint density at radius 2 is 1.89 bits per heavy atom. The second-order valence-electron chi connectivity index (χ2n) is 3.98. The highest BCUT2D eigenvalue weighted by atomic mass is 16.5. The molecule has 1 aromatic carbocycles. The van der Waals surface area contributed by atoms with E-state index in [2.05, 4.69) is 20.0 Å². The summed E-state index contributed by atoms with van der Waals surface area (Å²) in [5.74, 6) is 0.124. The molecule has 19 heavy (non-hydrogen) atoms. The van der Waals surface area contributed by atoms with Gasteiger partial charge in [-0.05, 0) is 6.92 Å². The normalized spacial score (nSPS) is 10.1. The van der Waals surface area contributed by atoms with Gasteiger partial charge in [0.25, 0.3) is 0 Å². The minimum absolute atomic E-state index is 0.0521.